The Morgan fingerprint density at radius 1 is 1.19 bits per heavy atom. The zero-order valence-electron chi connectivity index (χ0n) is 18.0. The third kappa shape index (κ3) is 4.47. The highest BCUT2D eigenvalue weighted by Crippen LogP contribution is 2.40. The van der Waals surface area contributed by atoms with Crippen LogP contribution in [0.4, 0.5) is 8.78 Å². The summed E-state index contributed by atoms with van der Waals surface area (Å²) < 4.78 is 27.8. The predicted octanol–water partition coefficient (Wildman–Crippen LogP) is 4.43. The number of fused-ring (bicyclic) bond motifs is 1. The molecule has 168 valence electrons. The van der Waals surface area contributed by atoms with Crippen molar-refractivity contribution in [3.8, 4) is 6.07 Å². The van der Waals surface area contributed by atoms with Gasteiger partial charge in [-0.25, -0.2) is 4.68 Å². The SMILES string of the molecule is C[C@H](NC(=O)C(C)(F)F)[C@](I)(c1ccc(C(C)(C)O)cc1)n1ncc2cc(C#N)ccc21. The van der Waals surface area contributed by atoms with Crippen LogP contribution in [0.25, 0.3) is 10.9 Å². The van der Waals surface area contributed by atoms with Crippen molar-refractivity contribution < 1.29 is 18.7 Å². The number of carbonyl (C=O) groups excluding carboxylic acids is 1. The van der Waals surface area contributed by atoms with E-state index in [1.165, 1.54) is 0 Å². The maximum Gasteiger partial charge on any atom is 0.321 e. The molecule has 0 bridgehead atoms. The van der Waals surface area contributed by atoms with Crippen LogP contribution in [0.2, 0.25) is 0 Å². The third-order valence-corrected chi connectivity index (χ3v) is 7.34. The molecule has 1 amide bonds. The number of nitrogens with zero attached hydrogens (tertiary/aromatic N) is 3. The van der Waals surface area contributed by atoms with Crippen LogP contribution >= 0.6 is 22.6 Å². The number of aromatic nitrogens is 2. The van der Waals surface area contributed by atoms with Gasteiger partial charge in [-0.15, -0.1) is 0 Å². The van der Waals surface area contributed by atoms with Crippen LogP contribution in [0, 0.1) is 11.3 Å². The largest absolute Gasteiger partial charge is 0.386 e. The van der Waals surface area contributed by atoms with Crippen molar-refractivity contribution in [2.75, 3.05) is 0 Å². The molecule has 3 aromatic rings. The molecule has 0 aliphatic heterocycles. The van der Waals surface area contributed by atoms with Crippen molar-refractivity contribution in [3.63, 3.8) is 0 Å². The topological polar surface area (TPSA) is 90.9 Å². The van der Waals surface area contributed by atoms with Crippen molar-refractivity contribution >= 4 is 39.4 Å². The van der Waals surface area contributed by atoms with Gasteiger partial charge in [0.05, 0.1) is 35.0 Å². The first-order valence-electron chi connectivity index (χ1n) is 9.88. The van der Waals surface area contributed by atoms with E-state index in [9.17, 15) is 23.9 Å². The molecule has 0 aliphatic carbocycles. The van der Waals surface area contributed by atoms with Gasteiger partial charge in [0.15, 0.2) is 3.55 Å². The maximum absolute atomic E-state index is 13.6. The number of halogens is 3. The van der Waals surface area contributed by atoms with Crippen LogP contribution in [0.15, 0.2) is 48.7 Å². The predicted molar refractivity (Wildman–Crippen MR) is 125 cm³/mol. The summed E-state index contributed by atoms with van der Waals surface area (Å²) in [6.45, 7) is 5.52. The van der Waals surface area contributed by atoms with E-state index in [1.54, 1.807) is 74.1 Å². The van der Waals surface area contributed by atoms with Crippen LogP contribution in [-0.4, -0.2) is 32.8 Å². The molecule has 3 rings (SSSR count). The Bertz CT molecular complexity index is 1190. The first kappa shape index (κ1) is 24.1. The van der Waals surface area contributed by atoms with Gasteiger partial charge in [0, 0.05) is 12.3 Å². The standard InChI is InChI=1S/C23H23F2IN4O2/c1-14(29-20(31)22(4,24)25)23(26,18-8-6-17(7-9-18)21(2,3)32)30-19-10-5-15(12-27)11-16(19)13-28-30/h5-11,13-14,32H,1-4H3,(H,29,31)/t14-,23+/m0/s1. The van der Waals surface area contributed by atoms with Crippen LogP contribution in [0.5, 0.6) is 0 Å². The monoisotopic (exact) mass is 552 g/mol. The Morgan fingerprint density at radius 3 is 2.31 bits per heavy atom. The van der Waals surface area contributed by atoms with E-state index in [0.29, 0.717) is 34.5 Å². The zero-order valence-corrected chi connectivity index (χ0v) is 20.2. The van der Waals surface area contributed by atoms with E-state index < -0.39 is 27.0 Å². The van der Waals surface area contributed by atoms with Gasteiger partial charge in [-0.1, -0.05) is 24.3 Å². The van der Waals surface area contributed by atoms with Gasteiger partial charge in [0.25, 0.3) is 5.91 Å². The van der Waals surface area contributed by atoms with E-state index >= 15 is 0 Å². The molecule has 2 aromatic carbocycles. The van der Waals surface area contributed by atoms with Gasteiger partial charge in [0.1, 0.15) is 0 Å². The minimum absolute atomic E-state index is 0.470. The zero-order chi connectivity index (χ0) is 23.9. The van der Waals surface area contributed by atoms with Gasteiger partial charge in [-0.2, -0.15) is 19.1 Å². The Kier molecular flexibility index (Phi) is 6.32. The summed E-state index contributed by atoms with van der Waals surface area (Å²) >= 11 is 2.10. The fraction of sp³-hybridized carbons (Fsp3) is 0.348. The minimum Gasteiger partial charge on any atom is -0.386 e. The number of hydrogen-bond acceptors (Lipinski definition) is 4. The molecule has 2 atom stereocenters. The molecule has 32 heavy (non-hydrogen) atoms. The molecular formula is C23H23F2IN4O2. The fourth-order valence-electron chi connectivity index (χ4n) is 3.45. The van der Waals surface area contributed by atoms with Crippen LogP contribution < -0.4 is 5.32 Å². The summed E-state index contributed by atoms with van der Waals surface area (Å²) in [6.07, 6.45) is 1.59. The average molecular weight is 552 g/mol. The Morgan fingerprint density at radius 2 is 1.78 bits per heavy atom. The van der Waals surface area contributed by atoms with E-state index in [-0.39, 0.29) is 0 Å². The fourth-order valence-corrected chi connectivity index (χ4v) is 4.35. The summed E-state index contributed by atoms with van der Waals surface area (Å²) in [4.78, 5) is 12.1. The second-order valence-corrected chi connectivity index (χ2v) is 9.98. The lowest BCUT2D eigenvalue weighted by Gasteiger charge is -2.36. The second-order valence-electron chi connectivity index (χ2n) is 8.34. The van der Waals surface area contributed by atoms with Crippen LogP contribution in [0.1, 0.15) is 44.4 Å². The molecule has 0 radical (unpaired) electrons. The number of carbonyl (C=O) groups is 1. The van der Waals surface area contributed by atoms with E-state index in [4.69, 9.17) is 0 Å². The van der Waals surface area contributed by atoms with Crippen LogP contribution in [-0.2, 0) is 13.9 Å². The number of alkyl halides is 3. The number of nitrogens with one attached hydrogen (secondary N) is 1. The van der Waals surface area contributed by atoms with Crippen molar-refractivity contribution in [2.45, 2.75) is 48.8 Å². The quantitative estimate of drug-likeness (QED) is 0.350. The Hall–Kier alpha value is -2.58. The molecule has 6 nitrogen and oxygen atoms in total. The van der Waals surface area contributed by atoms with Gasteiger partial charge in [-0.3, -0.25) is 4.79 Å². The molecule has 0 unspecified atom stereocenters. The number of hydrogen-bond donors (Lipinski definition) is 2. The third-order valence-electron chi connectivity index (χ3n) is 5.32. The normalized spacial score (nSPS) is 15.1. The van der Waals surface area contributed by atoms with E-state index in [2.05, 4.69) is 39.1 Å². The summed E-state index contributed by atoms with van der Waals surface area (Å²) in [7, 11) is 0. The summed E-state index contributed by atoms with van der Waals surface area (Å²) in [5.41, 5.74) is 1.46. The van der Waals surface area contributed by atoms with E-state index in [1.807, 2.05) is 0 Å². The highest BCUT2D eigenvalue weighted by Gasteiger charge is 2.43. The molecule has 9 heteroatoms. The summed E-state index contributed by atoms with van der Waals surface area (Å²) in [5, 5.41) is 27.1. The Balaban J connectivity index is 2.18. The number of amides is 1. The molecule has 1 aromatic heterocycles. The maximum atomic E-state index is 13.6. The average Bonchev–Trinajstić information content (AvgIpc) is 3.15. The molecule has 0 aliphatic rings. The Labute approximate surface area is 198 Å². The number of aliphatic hydroxyl groups is 1. The molecule has 0 fully saturated rings. The van der Waals surface area contributed by atoms with Crippen molar-refractivity contribution in [3.05, 3.63) is 65.4 Å². The van der Waals surface area contributed by atoms with Gasteiger partial charge >= 0.3 is 5.92 Å². The van der Waals surface area contributed by atoms with Crippen LogP contribution in [0.3, 0.4) is 0 Å². The highest BCUT2D eigenvalue weighted by molar-refractivity contribution is 14.1. The van der Waals surface area contributed by atoms with Crippen molar-refractivity contribution in [2.24, 2.45) is 0 Å². The first-order chi connectivity index (χ1) is 14.8. The van der Waals surface area contributed by atoms with Crippen molar-refractivity contribution in [1.82, 2.24) is 15.1 Å². The molecule has 2 N–H and O–H groups in total. The number of rotatable bonds is 6. The first-order valence-corrected chi connectivity index (χ1v) is 11.0. The number of nitriles is 1. The second kappa shape index (κ2) is 8.41. The molecule has 1 heterocycles. The minimum atomic E-state index is -3.54. The number of benzene rings is 2. The summed E-state index contributed by atoms with van der Waals surface area (Å²) in [5.74, 6) is -4.92. The molecule has 0 saturated carbocycles. The van der Waals surface area contributed by atoms with E-state index in [0.717, 1.165) is 0 Å². The molecule has 0 saturated heterocycles. The smallest absolute Gasteiger partial charge is 0.321 e. The summed E-state index contributed by atoms with van der Waals surface area (Å²) in [6, 6.07) is 13.4. The van der Waals surface area contributed by atoms with Gasteiger partial charge in [-0.05, 0) is 72.7 Å². The molecular weight excluding hydrogens is 529 g/mol. The lowest BCUT2D eigenvalue weighted by molar-refractivity contribution is -0.144. The lowest BCUT2D eigenvalue weighted by Crippen LogP contribution is -2.53. The van der Waals surface area contributed by atoms with Gasteiger partial charge in [0.2, 0.25) is 0 Å². The molecule has 0 spiro atoms. The van der Waals surface area contributed by atoms with Gasteiger partial charge < -0.3 is 10.4 Å². The lowest BCUT2D eigenvalue weighted by atomic mass is 9.93. The highest BCUT2D eigenvalue weighted by atomic mass is 127. The van der Waals surface area contributed by atoms with Crippen molar-refractivity contribution in [1.29, 1.82) is 5.26 Å².